The average Bonchev–Trinajstić information content (AvgIpc) is 2.26. The molecule has 0 rings (SSSR count). The fraction of sp³-hybridized carbons (Fsp3) is 0.714. The molecule has 0 amide bonds. The van der Waals surface area contributed by atoms with Crippen molar-refractivity contribution in [1.82, 2.24) is 0 Å². The molecule has 0 unspecified atom stereocenters. The molecule has 0 aliphatic rings. The lowest BCUT2D eigenvalue weighted by Gasteiger charge is -2.01. The number of esters is 1. The fourth-order valence-corrected chi connectivity index (χ4v) is 0.289. The van der Waals surface area contributed by atoms with Gasteiger partial charge in [-0.3, -0.25) is 0 Å². The number of aliphatic carboxylic acids is 1. The Hall–Kier alpha value is -1.22. The Bertz CT molecular complexity index is 191. The van der Waals surface area contributed by atoms with Crippen molar-refractivity contribution >= 4 is 11.9 Å². The van der Waals surface area contributed by atoms with Gasteiger partial charge in [0.05, 0.1) is 20.3 Å². The fourth-order valence-electron chi connectivity index (χ4n) is 0.289. The predicted molar refractivity (Wildman–Crippen MR) is 45.8 cm³/mol. The summed E-state index contributed by atoms with van der Waals surface area (Å²) in [6.07, 6.45) is -3.01. The Morgan fingerprint density at radius 3 is 1.60 bits per heavy atom. The second-order valence-corrected chi connectivity index (χ2v) is 2.26. The number of carboxylic acid groups (broad SMARTS) is 1. The van der Waals surface area contributed by atoms with Gasteiger partial charge in [-0.15, -0.1) is 0 Å². The highest BCUT2D eigenvalue weighted by Gasteiger charge is 2.12. The minimum atomic E-state index is -1.63. The zero-order valence-corrected chi connectivity index (χ0v) is 8.03. The maximum Gasteiger partial charge on any atom is 0.337 e. The van der Waals surface area contributed by atoms with E-state index in [1.807, 2.05) is 0 Å². The van der Waals surface area contributed by atoms with Crippen molar-refractivity contribution in [2.24, 2.45) is 0 Å². The largest absolute Gasteiger partial charge is 0.479 e. The van der Waals surface area contributed by atoms with Gasteiger partial charge in [-0.2, -0.15) is 0 Å². The average molecular weight is 226 g/mol. The quantitative estimate of drug-likeness (QED) is 0.318. The molecule has 2 atom stereocenters. The van der Waals surface area contributed by atoms with Crippen LogP contribution in [0.3, 0.4) is 0 Å². The molecule has 0 aromatic rings. The maximum atomic E-state index is 10.1. The number of methoxy groups -OCH3 is 1. The number of hydrogen-bond acceptors (Lipinski definition) is 7. The topological polar surface area (TPSA) is 145 Å². The summed E-state index contributed by atoms with van der Waals surface area (Å²) in [6.45, 7) is -1.32. The number of carbonyl (C=O) groups is 2. The predicted octanol–water partition coefficient (Wildman–Crippen LogP) is -3.06. The summed E-state index contributed by atoms with van der Waals surface area (Å²) in [5, 5.41) is 40.2. The first-order valence-corrected chi connectivity index (χ1v) is 3.79. The van der Waals surface area contributed by atoms with Gasteiger partial charge in [0.15, 0.2) is 12.2 Å². The number of aliphatic hydroxyl groups excluding tert-OH is 4. The third kappa shape index (κ3) is 9.09. The highest BCUT2D eigenvalue weighted by molar-refractivity contribution is 5.74. The lowest BCUT2D eigenvalue weighted by Crippen LogP contribution is -2.25. The normalized spacial score (nSPS) is 13.1. The first kappa shape index (κ1) is 16.2. The number of carbonyl (C=O) groups excluding carboxylic acids is 1. The van der Waals surface area contributed by atoms with E-state index in [2.05, 4.69) is 4.74 Å². The summed E-state index contributed by atoms with van der Waals surface area (Å²) < 4.78 is 4.05. The summed E-state index contributed by atoms with van der Waals surface area (Å²) in [4.78, 5) is 19.6. The summed E-state index contributed by atoms with van der Waals surface area (Å²) >= 11 is 0. The van der Waals surface area contributed by atoms with E-state index >= 15 is 0 Å². The van der Waals surface area contributed by atoms with Crippen LogP contribution in [0.25, 0.3) is 0 Å². The Labute approximate surface area is 85.3 Å². The molecular weight excluding hydrogens is 212 g/mol. The van der Waals surface area contributed by atoms with Gasteiger partial charge in [0.2, 0.25) is 0 Å². The highest BCUT2D eigenvalue weighted by Crippen LogP contribution is 1.82. The zero-order chi connectivity index (χ0) is 12.4. The third-order valence-corrected chi connectivity index (χ3v) is 1.10. The second kappa shape index (κ2) is 9.34. The van der Waals surface area contributed by atoms with Crippen LogP contribution in [0.15, 0.2) is 0 Å². The van der Waals surface area contributed by atoms with Gasteiger partial charge < -0.3 is 30.3 Å². The van der Waals surface area contributed by atoms with Gasteiger partial charge >= 0.3 is 11.9 Å². The molecule has 0 aromatic carbocycles. The summed E-state index contributed by atoms with van der Waals surface area (Å²) in [5.41, 5.74) is 0. The van der Waals surface area contributed by atoms with Gasteiger partial charge in [-0.05, 0) is 0 Å². The molecule has 0 bridgehead atoms. The van der Waals surface area contributed by atoms with Crippen LogP contribution < -0.4 is 0 Å². The number of carboxylic acids is 1. The van der Waals surface area contributed by atoms with Gasteiger partial charge in [0.1, 0.15) is 0 Å². The molecule has 0 spiro atoms. The molecule has 90 valence electrons. The Morgan fingerprint density at radius 2 is 1.53 bits per heavy atom. The van der Waals surface area contributed by atoms with E-state index in [1.54, 1.807) is 0 Å². The molecule has 0 saturated heterocycles. The summed E-state index contributed by atoms with van der Waals surface area (Å²) in [5.74, 6) is -2.21. The van der Waals surface area contributed by atoms with Crippen molar-refractivity contribution in [2.75, 3.05) is 20.3 Å². The maximum absolute atomic E-state index is 10.1. The lowest BCUT2D eigenvalue weighted by molar-refractivity contribution is -0.152. The first-order valence-electron chi connectivity index (χ1n) is 3.79. The SMILES string of the molecule is COC(=O)[C@H](O)CO.O=C(O)[C@H](O)CO. The monoisotopic (exact) mass is 226 g/mol. The molecule has 0 saturated carbocycles. The first-order chi connectivity index (χ1) is 6.90. The number of rotatable bonds is 4. The van der Waals surface area contributed by atoms with Crippen molar-refractivity contribution < 1.29 is 39.9 Å². The van der Waals surface area contributed by atoms with Gasteiger partial charge in [-0.25, -0.2) is 9.59 Å². The molecule has 5 N–H and O–H groups in total. The van der Waals surface area contributed by atoms with Gasteiger partial charge in [0.25, 0.3) is 0 Å². The van der Waals surface area contributed by atoms with E-state index in [4.69, 9.17) is 25.5 Å². The van der Waals surface area contributed by atoms with Crippen LogP contribution in [0.1, 0.15) is 0 Å². The van der Waals surface area contributed by atoms with E-state index in [-0.39, 0.29) is 0 Å². The molecule has 8 heteroatoms. The Kier molecular flexibility index (Phi) is 10.1. The molecule has 15 heavy (non-hydrogen) atoms. The van der Waals surface area contributed by atoms with Gasteiger partial charge in [-0.1, -0.05) is 0 Å². The lowest BCUT2D eigenvalue weighted by atomic mass is 10.4. The standard InChI is InChI=1S/C4H8O4.C3H6O4/c1-8-4(7)3(6)2-5;4-1-2(5)3(6)7/h3,5-6H,2H2,1H3;2,4-5H,1H2,(H,6,7)/t3-;2-/m11/s1. The van der Waals surface area contributed by atoms with Crippen molar-refractivity contribution in [2.45, 2.75) is 12.2 Å². The second-order valence-electron chi connectivity index (χ2n) is 2.26. The highest BCUT2D eigenvalue weighted by atomic mass is 16.5. The van der Waals surface area contributed by atoms with Crippen molar-refractivity contribution in [3.63, 3.8) is 0 Å². The minimum Gasteiger partial charge on any atom is -0.479 e. The molecule has 0 aliphatic heterocycles. The molecule has 0 heterocycles. The van der Waals surface area contributed by atoms with Crippen LogP contribution >= 0.6 is 0 Å². The molecule has 0 aromatic heterocycles. The number of hydrogen-bond donors (Lipinski definition) is 5. The van der Waals surface area contributed by atoms with Crippen molar-refractivity contribution in [1.29, 1.82) is 0 Å². The van der Waals surface area contributed by atoms with E-state index in [1.165, 1.54) is 0 Å². The van der Waals surface area contributed by atoms with Crippen LogP contribution in [0.5, 0.6) is 0 Å². The molecule has 0 aliphatic carbocycles. The Morgan fingerprint density at radius 1 is 1.13 bits per heavy atom. The van der Waals surface area contributed by atoms with E-state index < -0.39 is 37.4 Å². The smallest absolute Gasteiger partial charge is 0.337 e. The summed E-state index contributed by atoms with van der Waals surface area (Å²) in [7, 11) is 1.14. The van der Waals surface area contributed by atoms with Crippen LogP contribution in [0.4, 0.5) is 0 Å². The molecule has 0 radical (unpaired) electrons. The zero-order valence-electron chi connectivity index (χ0n) is 8.03. The van der Waals surface area contributed by atoms with Crippen LogP contribution in [0, 0.1) is 0 Å². The van der Waals surface area contributed by atoms with Gasteiger partial charge in [0, 0.05) is 0 Å². The Balaban J connectivity index is 0. The van der Waals surface area contributed by atoms with E-state index in [0.717, 1.165) is 7.11 Å². The van der Waals surface area contributed by atoms with Crippen LogP contribution in [0.2, 0.25) is 0 Å². The number of aliphatic hydroxyl groups is 4. The minimum absolute atomic E-state index is 0.591. The van der Waals surface area contributed by atoms with Crippen molar-refractivity contribution in [3.05, 3.63) is 0 Å². The summed E-state index contributed by atoms with van der Waals surface area (Å²) in [6, 6.07) is 0. The third-order valence-electron chi connectivity index (χ3n) is 1.10. The van der Waals surface area contributed by atoms with E-state index in [0.29, 0.717) is 0 Å². The van der Waals surface area contributed by atoms with Crippen LogP contribution in [-0.4, -0.2) is 70.0 Å². The molecule has 8 nitrogen and oxygen atoms in total. The van der Waals surface area contributed by atoms with Crippen LogP contribution in [-0.2, 0) is 14.3 Å². The number of ether oxygens (including phenoxy) is 1. The molecular formula is C7H14O8. The van der Waals surface area contributed by atoms with E-state index in [9.17, 15) is 9.59 Å². The molecule has 0 fully saturated rings. The van der Waals surface area contributed by atoms with Crippen molar-refractivity contribution in [3.8, 4) is 0 Å².